The predicted octanol–water partition coefficient (Wildman–Crippen LogP) is 14.5. The number of tetrazole rings is 4. The Hall–Kier alpha value is -17.5. The average molecular weight is 2060 g/mol. The highest BCUT2D eigenvalue weighted by Crippen LogP contribution is 2.27. The molecule has 40 heteroatoms. The highest BCUT2D eigenvalue weighted by molar-refractivity contribution is 7.09. The van der Waals surface area contributed by atoms with Crippen molar-refractivity contribution < 1.29 is 57.5 Å². The second kappa shape index (κ2) is 53.6. The topological polar surface area (TPSA) is 466 Å². The van der Waals surface area contributed by atoms with Crippen molar-refractivity contribution in [2.75, 3.05) is 0 Å². The van der Waals surface area contributed by atoms with Crippen molar-refractivity contribution in [3.63, 3.8) is 0 Å². The number of carbonyl (C=O) groups excluding carboxylic acids is 12. The minimum Gasteiger partial charge on any atom is -0.342 e. The van der Waals surface area contributed by atoms with Crippen molar-refractivity contribution in [2.45, 2.75) is 103 Å². The SMILES string of the molecule is CC(=O)c1ccc(CC(=O)[C@H](Cc2ccccn2)NC(=O)/C=C/c2cc(Cl)ccc2-n2cnnn2)cc1.CC(=O)c1ccc(CC(=O)[C@H](Cc2cccnc2)NC(=O)/C=C/c2cc(Cl)ccc2-n2cnnn2)cc1.CC(=O)c1ccc(CC(=O)[C@H](Cc2cccs2)NC(=O)/C=C/c2cc(Cl)ccc2-n2cnnn2)cc1.CC(=O)c1ccc(CC(=O)[C@H](Cc2ccncc2)NC(=O)/C=C/c2cc(Cl)ccc2-n2cnnn2)cc1. The Bertz CT molecular complexity index is 6880. The number of hydrogen-bond acceptors (Lipinski definition) is 28. The number of ketones is 8. The van der Waals surface area contributed by atoms with Crippen molar-refractivity contribution in [2.24, 2.45) is 0 Å². The normalized spacial score (nSPS) is 11.9. The summed E-state index contributed by atoms with van der Waals surface area (Å²) in [5, 5.41) is 59.8. The summed E-state index contributed by atoms with van der Waals surface area (Å²) in [6, 6.07) is 61.4. The van der Waals surface area contributed by atoms with E-state index in [4.69, 9.17) is 46.4 Å². The van der Waals surface area contributed by atoms with Crippen molar-refractivity contribution in [1.29, 1.82) is 0 Å². The van der Waals surface area contributed by atoms with Crippen LogP contribution in [0.5, 0.6) is 0 Å². The number of nitrogens with zero attached hydrogens (tertiary/aromatic N) is 19. The number of rotatable bonds is 40. The predicted molar refractivity (Wildman–Crippen MR) is 553 cm³/mol. The van der Waals surface area contributed by atoms with Crippen LogP contribution in [0.2, 0.25) is 20.1 Å². The lowest BCUT2D eigenvalue weighted by Crippen LogP contribution is -2.42. The van der Waals surface area contributed by atoms with Gasteiger partial charge in [0, 0.05) is 175 Å². The molecule has 35 nitrogen and oxygen atoms in total. The van der Waals surface area contributed by atoms with Gasteiger partial charge in [0.2, 0.25) is 23.6 Å². The van der Waals surface area contributed by atoms with Gasteiger partial charge in [-0.3, -0.25) is 72.5 Å². The largest absolute Gasteiger partial charge is 0.342 e. The third-order valence-corrected chi connectivity index (χ3v) is 24.1. The summed E-state index contributed by atoms with van der Waals surface area (Å²) >= 11 is 26.1. The summed E-state index contributed by atoms with van der Waals surface area (Å²) in [7, 11) is 0. The van der Waals surface area contributed by atoms with Crippen molar-refractivity contribution in [3.05, 3.63) is 419 Å². The molecule has 0 aliphatic heterocycles. The van der Waals surface area contributed by atoms with E-state index in [0.29, 0.717) is 106 Å². The van der Waals surface area contributed by atoms with Crippen LogP contribution in [-0.4, -0.2) is 190 Å². The van der Waals surface area contributed by atoms with Crippen LogP contribution in [0.25, 0.3) is 47.1 Å². The van der Waals surface area contributed by atoms with Crippen LogP contribution in [0.4, 0.5) is 0 Å². The minimum atomic E-state index is -0.808. The smallest absolute Gasteiger partial charge is 0.244 e. The van der Waals surface area contributed by atoms with Gasteiger partial charge < -0.3 is 21.3 Å². The fourth-order valence-electron chi connectivity index (χ4n) is 14.7. The number of amides is 4. The first-order valence-electron chi connectivity index (χ1n) is 45.3. The Balaban J connectivity index is 0.000000164. The standard InChI is InChI=1S/3C27H23ClN6O3.C26H22ClN5O3S/c1-18(35)21-4-2-19(3-5-21)15-26(36)24(14-20-10-12-29-13-11-20)31-27(37)9-6-22-16-23(28)7-8-25(22)34-17-30-32-33-34;1-18(35)21-6-4-19(5-7-21)14-26(36)24(13-20-3-2-12-29-16-20)31-27(37)11-8-22-15-23(28)9-10-25(22)34-17-30-32-33-34;1-18(35)20-7-5-19(6-8-20)14-26(36)24(16-23-4-2-3-13-29-23)31-27(37)12-9-21-15-22(28)10-11-25(21)34-17-30-32-33-34;1-17(33)19-6-4-18(5-7-19)13-25(34)23(15-22-3-2-12-36-22)29-26(35)11-8-20-14-21(27)9-10-24(20)32-16-28-30-31-32/h2-13,16-17,24H,14-15H2,1H3,(H,31,37);2-12,15-17,24H,13-14H2,1H3,(H,31,37);2-13,15,17,24H,14,16H2,1H3,(H,31,37);2-12,14,16,23H,13,15H2,1H3,(H,29,35)/b9-6+;11-8+;12-9+;11-8+/t3*24-;23-/m0000/s1. The molecule has 4 atom stereocenters. The monoisotopic (exact) mass is 2060 g/mol. The number of pyridine rings is 3. The number of aromatic nitrogens is 19. The zero-order chi connectivity index (χ0) is 104. The molecule has 0 unspecified atom stereocenters. The first-order chi connectivity index (χ1) is 71.0. The van der Waals surface area contributed by atoms with Gasteiger partial charge in [0.1, 0.15) is 25.3 Å². The number of carbonyl (C=O) groups is 12. The zero-order valence-electron chi connectivity index (χ0n) is 79.0. The number of thiophene rings is 1. The van der Waals surface area contributed by atoms with Gasteiger partial charge in [0.05, 0.1) is 46.9 Å². The highest BCUT2D eigenvalue weighted by Gasteiger charge is 2.27. The molecule has 0 fully saturated rings. The summed E-state index contributed by atoms with van der Waals surface area (Å²) in [4.78, 5) is 164. The number of halogens is 4. The summed E-state index contributed by atoms with van der Waals surface area (Å²) < 4.78 is 5.84. The highest BCUT2D eigenvalue weighted by atomic mass is 35.5. The molecule has 740 valence electrons. The van der Waals surface area contributed by atoms with Crippen LogP contribution in [0.15, 0.2) is 310 Å². The van der Waals surface area contributed by atoms with E-state index in [9.17, 15) is 57.5 Å². The molecule has 0 spiro atoms. The molecular weight excluding hydrogens is 1970 g/mol. The van der Waals surface area contributed by atoms with Gasteiger partial charge in [-0.2, -0.15) is 18.7 Å². The molecule has 8 aromatic heterocycles. The maximum absolute atomic E-state index is 13.2. The molecule has 0 radical (unpaired) electrons. The van der Waals surface area contributed by atoms with Gasteiger partial charge in [-0.25, -0.2) is 0 Å². The lowest BCUT2D eigenvalue weighted by Gasteiger charge is -2.17. The first-order valence-corrected chi connectivity index (χ1v) is 47.7. The number of benzene rings is 8. The van der Waals surface area contributed by atoms with Crippen LogP contribution < -0.4 is 21.3 Å². The van der Waals surface area contributed by atoms with E-state index in [1.807, 2.05) is 29.6 Å². The van der Waals surface area contributed by atoms with E-state index in [2.05, 4.69) is 98.3 Å². The molecule has 0 bridgehead atoms. The van der Waals surface area contributed by atoms with Crippen molar-refractivity contribution >= 4 is 152 Å². The number of nitrogens with one attached hydrogen (secondary N) is 4. The quantitative estimate of drug-likeness (QED) is 0.0205. The van der Waals surface area contributed by atoms with Gasteiger partial charge in [-0.05, 0) is 248 Å². The molecule has 8 aromatic carbocycles. The Morgan fingerprint density at radius 1 is 0.313 bits per heavy atom. The van der Waals surface area contributed by atoms with Crippen LogP contribution in [0, 0.1) is 0 Å². The van der Waals surface area contributed by atoms with E-state index >= 15 is 0 Å². The second-order valence-electron chi connectivity index (χ2n) is 32.9. The Morgan fingerprint density at radius 2 is 0.633 bits per heavy atom. The fourth-order valence-corrected chi connectivity index (χ4v) is 16.1. The number of hydrogen-bond donors (Lipinski definition) is 4. The van der Waals surface area contributed by atoms with E-state index < -0.39 is 47.8 Å². The molecule has 0 saturated carbocycles. The van der Waals surface area contributed by atoms with Gasteiger partial charge in [0.25, 0.3) is 0 Å². The molecule has 147 heavy (non-hydrogen) atoms. The van der Waals surface area contributed by atoms with E-state index in [0.717, 1.165) is 38.3 Å². The molecular formula is C107H91Cl4N23O12S. The summed E-state index contributed by atoms with van der Waals surface area (Å²) in [5.74, 6) is -2.58. The van der Waals surface area contributed by atoms with Gasteiger partial charge in [-0.15, -0.1) is 31.7 Å². The maximum Gasteiger partial charge on any atom is 0.244 e. The third-order valence-electron chi connectivity index (χ3n) is 22.3. The fraction of sp³-hybridized carbons (Fsp3) is 0.150. The molecule has 4 N–H and O–H groups in total. The van der Waals surface area contributed by atoms with Crippen molar-refractivity contribution in [3.8, 4) is 22.7 Å². The van der Waals surface area contributed by atoms with Crippen molar-refractivity contribution in [1.82, 2.24) is 117 Å². The second-order valence-corrected chi connectivity index (χ2v) is 35.7. The lowest BCUT2D eigenvalue weighted by atomic mass is 9.97. The van der Waals surface area contributed by atoms with Crippen LogP contribution in [0.3, 0.4) is 0 Å². The first kappa shape index (κ1) is 107. The molecule has 16 rings (SSSR count). The molecule has 4 amide bonds. The average Bonchev–Trinajstić information content (AvgIpc) is 1.81. The van der Waals surface area contributed by atoms with E-state index in [1.54, 1.807) is 255 Å². The molecule has 0 aliphatic carbocycles. The summed E-state index contributed by atoms with van der Waals surface area (Å²) in [5.41, 5.74) is 12.7. The van der Waals surface area contributed by atoms with Gasteiger partial charge in [-0.1, -0.05) is 162 Å². The lowest BCUT2D eigenvalue weighted by molar-refractivity contribution is -0.125. The van der Waals surface area contributed by atoms with E-state index in [-0.39, 0.29) is 84.8 Å². The third kappa shape index (κ3) is 33.1. The van der Waals surface area contributed by atoms with Gasteiger partial charge >= 0.3 is 0 Å². The summed E-state index contributed by atoms with van der Waals surface area (Å²) in [6.45, 7) is 5.96. The Kier molecular flexibility index (Phi) is 39.0. The molecule has 0 saturated heterocycles. The molecule has 8 heterocycles. The zero-order valence-corrected chi connectivity index (χ0v) is 82.9. The molecule has 0 aliphatic rings. The Labute approximate surface area is 865 Å². The maximum atomic E-state index is 13.2. The van der Waals surface area contributed by atoms with Crippen LogP contribution in [0.1, 0.15) is 135 Å². The Morgan fingerprint density at radius 3 is 0.912 bits per heavy atom. The van der Waals surface area contributed by atoms with E-state index in [1.165, 1.54) is 107 Å². The molecule has 16 aromatic rings. The number of Topliss-reactive ketones (excluding diaryl/α,β-unsaturated/α-hetero) is 8. The van der Waals surface area contributed by atoms with Gasteiger partial charge in [0.15, 0.2) is 46.3 Å². The van der Waals surface area contributed by atoms with Crippen LogP contribution in [-0.2, 0) is 89.7 Å². The minimum absolute atomic E-state index is 0.0366. The van der Waals surface area contributed by atoms with Crippen LogP contribution >= 0.6 is 57.7 Å². The summed E-state index contributed by atoms with van der Waals surface area (Å²) in [6.07, 6.45) is 27.3.